The number of nitrogens with zero attached hydrogens (tertiary/aromatic N) is 2. The molecule has 1 saturated heterocycles. The maximum Gasteiger partial charge on any atom is 0.251 e. The summed E-state index contributed by atoms with van der Waals surface area (Å²) in [7, 11) is 1.57. The number of imide groups is 1. The third-order valence-corrected chi connectivity index (χ3v) is 5.04. The molecule has 128 valence electrons. The molecule has 2 aromatic rings. The molecule has 5 heteroatoms. The van der Waals surface area contributed by atoms with Crippen molar-refractivity contribution >= 4 is 17.5 Å². The fourth-order valence-corrected chi connectivity index (χ4v) is 3.71. The van der Waals surface area contributed by atoms with E-state index >= 15 is 0 Å². The summed E-state index contributed by atoms with van der Waals surface area (Å²) in [6.45, 7) is 1.51. The van der Waals surface area contributed by atoms with E-state index in [-0.39, 0.29) is 24.3 Å². The van der Waals surface area contributed by atoms with Gasteiger partial charge in [0.05, 0.1) is 25.3 Å². The van der Waals surface area contributed by atoms with Crippen molar-refractivity contribution in [2.75, 3.05) is 18.6 Å². The van der Waals surface area contributed by atoms with Crippen LogP contribution < -0.4 is 9.64 Å². The zero-order chi connectivity index (χ0) is 17.4. The minimum absolute atomic E-state index is 0.141. The lowest BCUT2D eigenvalue weighted by Gasteiger charge is -2.32. The Bertz CT molecular complexity index is 833. The number of anilines is 1. The summed E-state index contributed by atoms with van der Waals surface area (Å²) in [5.74, 6) is 0.341. The van der Waals surface area contributed by atoms with Gasteiger partial charge in [-0.2, -0.15) is 0 Å². The Labute approximate surface area is 146 Å². The molecule has 2 aromatic carbocycles. The number of ether oxygens (including phenoxy) is 1. The largest absolute Gasteiger partial charge is 0.497 e. The van der Waals surface area contributed by atoms with E-state index in [0.29, 0.717) is 18.0 Å². The van der Waals surface area contributed by atoms with Gasteiger partial charge in [0.1, 0.15) is 5.75 Å². The molecule has 2 aliphatic heterocycles. The molecule has 25 heavy (non-hydrogen) atoms. The van der Waals surface area contributed by atoms with Crippen molar-refractivity contribution < 1.29 is 14.3 Å². The molecule has 2 aliphatic rings. The van der Waals surface area contributed by atoms with E-state index in [4.69, 9.17) is 4.74 Å². The second kappa shape index (κ2) is 6.33. The number of rotatable bonds is 3. The number of carbonyl (C=O) groups is 2. The van der Waals surface area contributed by atoms with Crippen LogP contribution >= 0.6 is 0 Å². The Morgan fingerprint density at radius 1 is 1.04 bits per heavy atom. The molecule has 0 aromatic heterocycles. The molecule has 1 fully saturated rings. The summed E-state index contributed by atoms with van der Waals surface area (Å²) in [4.78, 5) is 28.9. The molecule has 5 nitrogen and oxygen atoms in total. The first-order valence-corrected chi connectivity index (χ1v) is 8.49. The molecule has 0 bridgehead atoms. The van der Waals surface area contributed by atoms with E-state index in [1.165, 1.54) is 16.0 Å². The van der Waals surface area contributed by atoms with Gasteiger partial charge in [0, 0.05) is 19.2 Å². The highest BCUT2D eigenvalue weighted by Gasteiger charge is 2.43. The van der Waals surface area contributed by atoms with Crippen LogP contribution in [0.3, 0.4) is 0 Å². The normalized spacial score (nSPS) is 20.7. The first kappa shape index (κ1) is 15.8. The van der Waals surface area contributed by atoms with Crippen LogP contribution in [0.25, 0.3) is 0 Å². The Balaban J connectivity index is 1.57. The Morgan fingerprint density at radius 2 is 1.84 bits per heavy atom. The first-order valence-electron chi connectivity index (χ1n) is 8.49. The number of amides is 2. The molecule has 0 radical (unpaired) electrons. The van der Waals surface area contributed by atoms with E-state index < -0.39 is 0 Å². The number of benzene rings is 2. The molecule has 0 aliphatic carbocycles. The predicted molar refractivity (Wildman–Crippen MR) is 94.4 cm³/mol. The first-order chi connectivity index (χ1) is 12.2. The average Bonchev–Trinajstić information content (AvgIpc) is 2.95. The number of fused-ring (bicyclic) bond motifs is 1. The molecule has 4 rings (SSSR count). The lowest BCUT2D eigenvalue weighted by molar-refractivity contribution is -0.123. The summed E-state index contributed by atoms with van der Waals surface area (Å²) >= 11 is 0. The smallest absolute Gasteiger partial charge is 0.251 e. The van der Waals surface area contributed by atoms with Crippen LogP contribution in [0.2, 0.25) is 0 Å². The van der Waals surface area contributed by atoms with Crippen molar-refractivity contribution in [1.82, 2.24) is 4.90 Å². The fraction of sp³-hybridized carbons (Fsp3) is 0.300. The number of hydrogen-bond donors (Lipinski definition) is 0. The fourth-order valence-electron chi connectivity index (χ4n) is 3.71. The Morgan fingerprint density at radius 3 is 2.64 bits per heavy atom. The van der Waals surface area contributed by atoms with E-state index in [1.54, 1.807) is 31.4 Å². The SMILES string of the molecule is COc1cccc(N2C(=O)CC(N3CCc4ccccc4C3)C2=O)c1. The predicted octanol–water partition coefficient (Wildman–Crippen LogP) is 2.39. The summed E-state index contributed by atoms with van der Waals surface area (Å²) < 4.78 is 5.21. The summed E-state index contributed by atoms with van der Waals surface area (Å²) in [6.07, 6.45) is 1.14. The minimum Gasteiger partial charge on any atom is -0.497 e. The van der Waals surface area contributed by atoms with Crippen molar-refractivity contribution in [2.45, 2.75) is 25.4 Å². The average molecular weight is 336 g/mol. The van der Waals surface area contributed by atoms with Crippen LogP contribution in [0.4, 0.5) is 5.69 Å². The number of hydrogen-bond acceptors (Lipinski definition) is 4. The van der Waals surface area contributed by atoms with Crippen molar-refractivity contribution in [3.8, 4) is 5.75 Å². The quantitative estimate of drug-likeness (QED) is 0.808. The van der Waals surface area contributed by atoms with Gasteiger partial charge in [0.2, 0.25) is 5.91 Å². The number of methoxy groups -OCH3 is 1. The van der Waals surface area contributed by atoms with E-state index in [9.17, 15) is 9.59 Å². The molecule has 0 N–H and O–H groups in total. The molecular formula is C20H20N2O3. The highest BCUT2D eigenvalue weighted by atomic mass is 16.5. The Hall–Kier alpha value is -2.66. The molecule has 2 amide bonds. The van der Waals surface area contributed by atoms with Gasteiger partial charge < -0.3 is 4.74 Å². The maximum atomic E-state index is 12.9. The molecule has 0 spiro atoms. The standard InChI is InChI=1S/C20H20N2O3/c1-25-17-8-4-7-16(11-17)22-19(23)12-18(20(22)24)21-10-9-14-5-2-3-6-15(14)13-21/h2-8,11,18H,9-10,12-13H2,1H3. The molecular weight excluding hydrogens is 316 g/mol. The van der Waals surface area contributed by atoms with Crippen molar-refractivity contribution in [3.63, 3.8) is 0 Å². The Kier molecular flexibility index (Phi) is 4.01. The monoisotopic (exact) mass is 336 g/mol. The molecule has 1 atom stereocenters. The van der Waals surface area contributed by atoms with E-state index in [2.05, 4.69) is 17.0 Å². The van der Waals surface area contributed by atoms with Crippen molar-refractivity contribution in [2.24, 2.45) is 0 Å². The van der Waals surface area contributed by atoms with Crippen molar-refractivity contribution in [3.05, 3.63) is 59.7 Å². The zero-order valence-corrected chi connectivity index (χ0v) is 14.1. The van der Waals surface area contributed by atoms with Crippen LogP contribution in [-0.4, -0.2) is 36.4 Å². The third-order valence-electron chi connectivity index (χ3n) is 5.04. The summed E-state index contributed by atoms with van der Waals surface area (Å²) in [5.41, 5.74) is 3.16. The highest BCUT2D eigenvalue weighted by molar-refractivity contribution is 6.22. The zero-order valence-electron chi connectivity index (χ0n) is 14.1. The topological polar surface area (TPSA) is 49.9 Å². The van der Waals surface area contributed by atoms with Crippen molar-refractivity contribution in [1.29, 1.82) is 0 Å². The van der Waals surface area contributed by atoms with Gasteiger partial charge in [-0.3, -0.25) is 14.5 Å². The van der Waals surface area contributed by atoms with Gasteiger partial charge in [-0.1, -0.05) is 30.3 Å². The highest BCUT2D eigenvalue weighted by Crippen LogP contribution is 2.30. The number of carbonyl (C=O) groups excluding carboxylic acids is 2. The van der Waals surface area contributed by atoms with Gasteiger partial charge in [-0.25, -0.2) is 4.90 Å². The second-order valence-corrected chi connectivity index (χ2v) is 6.48. The van der Waals surface area contributed by atoms with Crippen LogP contribution in [0.15, 0.2) is 48.5 Å². The van der Waals surface area contributed by atoms with Gasteiger partial charge in [-0.05, 0) is 29.7 Å². The van der Waals surface area contributed by atoms with Gasteiger partial charge >= 0.3 is 0 Å². The molecule has 0 saturated carbocycles. The van der Waals surface area contributed by atoms with Gasteiger partial charge in [0.15, 0.2) is 0 Å². The maximum absolute atomic E-state index is 12.9. The molecule has 1 unspecified atom stereocenters. The van der Waals surface area contributed by atoms with Crippen LogP contribution in [0.1, 0.15) is 17.5 Å². The lowest BCUT2D eigenvalue weighted by atomic mass is 9.98. The van der Waals surface area contributed by atoms with Crippen LogP contribution in [0, 0.1) is 0 Å². The van der Waals surface area contributed by atoms with E-state index in [1.807, 2.05) is 12.1 Å². The van der Waals surface area contributed by atoms with Crippen LogP contribution in [0.5, 0.6) is 5.75 Å². The lowest BCUT2D eigenvalue weighted by Crippen LogP contribution is -2.44. The second-order valence-electron chi connectivity index (χ2n) is 6.48. The van der Waals surface area contributed by atoms with Crippen LogP contribution in [-0.2, 0) is 22.6 Å². The van der Waals surface area contributed by atoms with E-state index in [0.717, 1.165) is 13.0 Å². The molecule has 2 heterocycles. The van der Waals surface area contributed by atoms with Gasteiger partial charge in [-0.15, -0.1) is 0 Å². The summed E-state index contributed by atoms with van der Waals surface area (Å²) in [6, 6.07) is 15.0. The van der Waals surface area contributed by atoms with Gasteiger partial charge in [0.25, 0.3) is 5.91 Å². The summed E-state index contributed by atoms with van der Waals surface area (Å²) in [5, 5.41) is 0. The third kappa shape index (κ3) is 2.81. The minimum atomic E-state index is -0.382.